The molecule has 0 aliphatic carbocycles. The third-order valence-electron chi connectivity index (χ3n) is 3.59. The molecule has 0 aliphatic rings. The van der Waals surface area contributed by atoms with Gasteiger partial charge >= 0.3 is 0 Å². The van der Waals surface area contributed by atoms with Crippen molar-refractivity contribution in [3.63, 3.8) is 0 Å². The van der Waals surface area contributed by atoms with Crippen molar-refractivity contribution in [3.05, 3.63) is 67.8 Å². The first kappa shape index (κ1) is 15.5. The second-order valence-corrected chi connectivity index (χ2v) is 5.31. The molecule has 0 unspecified atom stereocenters. The number of fused-ring (bicyclic) bond motifs is 1. The molecule has 1 aromatic heterocycles. The van der Waals surface area contributed by atoms with Gasteiger partial charge in [0.05, 0.1) is 9.85 Å². The number of furan rings is 1. The highest BCUT2D eigenvalue weighted by atomic mass is 16.6. The summed E-state index contributed by atoms with van der Waals surface area (Å²) in [6.07, 6.45) is 0. The van der Waals surface area contributed by atoms with Crippen LogP contribution in [0.4, 0.5) is 11.4 Å². The first-order valence-corrected chi connectivity index (χ1v) is 6.96. The number of aryl methyl sites for hydroxylation is 2. The molecule has 1 heterocycles. The van der Waals surface area contributed by atoms with Gasteiger partial charge in [-0.2, -0.15) is 0 Å². The normalized spacial score (nSPS) is 10.8. The van der Waals surface area contributed by atoms with Gasteiger partial charge in [0.15, 0.2) is 0 Å². The number of hydrogen-bond donors (Lipinski definition) is 0. The summed E-state index contributed by atoms with van der Waals surface area (Å²) in [5.74, 6) is 0.529. The van der Waals surface area contributed by atoms with E-state index in [2.05, 4.69) is 0 Å². The van der Waals surface area contributed by atoms with Gasteiger partial charge in [-0.15, -0.1) is 0 Å². The quantitative estimate of drug-likeness (QED) is 0.509. The standard InChI is InChI=1S/C16H12N2O6/c1-9-5-12(3-4-13(9)17(19)20)23-16-8-11-7-14(18(21)22)10(2)6-15(11)24-16/h3-8H,1-2H3. The summed E-state index contributed by atoms with van der Waals surface area (Å²) in [5, 5.41) is 22.3. The van der Waals surface area contributed by atoms with Crippen molar-refractivity contribution in [3.8, 4) is 11.7 Å². The van der Waals surface area contributed by atoms with Gasteiger partial charge in [0.1, 0.15) is 11.3 Å². The third kappa shape index (κ3) is 2.76. The van der Waals surface area contributed by atoms with Crippen LogP contribution in [0.15, 0.2) is 40.8 Å². The van der Waals surface area contributed by atoms with Crippen LogP contribution in [0.3, 0.4) is 0 Å². The van der Waals surface area contributed by atoms with E-state index in [0.717, 1.165) is 0 Å². The lowest BCUT2D eigenvalue weighted by molar-refractivity contribution is -0.385. The Balaban J connectivity index is 1.94. The largest absolute Gasteiger partial charge is 0.426 e. The molecule has 8 nitrogen and oxygen atoms in total. The number of nitrogens with zero attached hydrogens (tertiary/aromatic N) is 2. The average molecular weight is 328 g/mol. The highest BCUT2D eigenvalue weighted by molar-refractivity contribution is 5.82. The van der Waals surface area contributed by atoms with Crippen LogP contribution in [-0.2, 0) is 0 Å². The molecule has 122 valence electrons. The molecule has 0 fully saturated rings. The lowest BCUT2D eigenvalue weighted by Crippen LogP contribution is -1.92. The van der Waals surface area contributed by atoms with Gasteiger partial charge < -0.3 is 9.15 Å². The van der Waals surface area contributed by atoms with Gasteiger partial charge in [0.25, 0.3) is 17.3 Å². The van der Waals surface area contributed by atoms with Gasteiger partial charge in [-0.1, -0.05) is 0 Å². The zero-order valence-corrected chi connectivity index (χ0v) is 12.8. The van der Waals surface area contributed by atoms with Crippen LogP contribution in [0, 0.1) is 34.1 Å². The van der Waals surface area contributed by atoms with E-state index in [0.29, 0.717) is 27.8 Å². The smallest absolute Gasteiger partial charge is 0.291 e. The Bertz CT molecular complexity index is 976. The molecule has 3 aromatic rings. The monoisotopic (exact) mass is 328 g/mol. The lowest BCUT2D eigenvalue weighted by atomic mass is 10.1. The Morgan fingerprint density at radius 1 is 0.917 bits per heavy atom. The van der Waals surface area contributed by atoms with E-state index in [1.165, 1.54) is 24.3 Å². The maximum Gasteiger partial charge on any atom is 0.291 e. The van der Waals surface area contributed by atoms with E-state index < -0.39 is 9.85 Å². The molecule has 0 aliphatic heterocycles. The van der Waals surface area contributed by atoms with E-state index in [4.69, 9.17) is 9.15 Å². The molecule has 0 saturated carbocycles. The summed E-state index contributed by atoms with van der Waals surface area (Å²) in [5.41, 5.74) is 1.41. The highest BCUT2D eigenvalue weighted by Gasteiger charge is 2.16. The fourth-order valence-electron chi connectivity index (χ4n) is 2.41. The number of hydrogen-bond acceptors (Lipinski definition) is 6. The van der Waals surface area contributed by atoms with Gasteiger partial charge in [-0.3, -0.25) is 20.2 Å². The van der Waals surface area contributed by atoms with Gasteiger partial charge in [0.2, 0.25) is 0 Å². The average Bonchev–Trinajstić information content (AvgIpc) is 2.86. The van der Waals surface area contributed by atoms with Crippen molar-refractivity contribution in [2.24, 2.45) is 0 Å². The van der Waals surface area contributed by atoms with Crippen molar-refractivity contribution >= 4 is 22.3 Å². The van der Waals surface area contributed by atoms with Crippen LogP contribution >= 0.6 is 0 Å². The van der Waals surface area contributed by atoms with Crippen LogP contribution in [0.2, 0.25) is 0 Å². The van der Waals surface area contributed by atoms with E-state index in [-0.39, 0.29) is 17.3 Å². The molecule has 0 radical (unpaired) electrons. The molecule has 8 heteroatoms. The van der Waals surface area contributed by atoms with E-state index in [1.807, 2.05) is 0 Å². The number of nitro benzene ring substituents is 2. The Hall–Kier alpha value is -3.42. The van der Waals surface area contributed by atoms with Crippen molar-refractivity contribution in [1.82, 2.24) is 0 Å². The topological polar surface area (TPSA) is 109 Å². The molecule has 0 amide bonds. The molecule has 2 aromatic carbocycles. The number of benzene rings is 2. The Morgan fingerprint density at radius 2 is 1.58 bits per heavy atom. The number of nitro groups is 2. The van der Waals surface area contributed by atoms with E-state index >= 15 is 0 Å². The molecule has 3 rings (SSSR count). The molecule has 0 atom stereocenters. The van der Waals surface area contributed by atoms with Crippen LogP contribution in [0.1, 0.15) is 11.1 Å². The summed E-state index contributed by atoms with van der Waals surface area (Å²) in [6, 6.07) is 8.87. The second-order valence-electron chi connectivity index (χ2n) is 5.31. The third-order valence-corrected chi connectivity index (χ3v) is 3.59. The lowest BCUT2D eigenvalue weighted by Gasteiger charge is -2.03. The van der Waals surface area contributed by atoms with Crippen molar-refractivity contribution in [2.75, 3.05) is 0 Å². The predicted octanol–water partition coefficient (Wildman–Crippen LogP) is 4.66. The van der Waals surface area contributed by atoms with Crippen LogP contribution in [0.5, 0.6) is 11.7 Å². The predicted molar refractivity (Wildman–Crippen MR) is 85.5 cm³/mol. The second kappa shape index (κ2) is 5.65. The Labute approximate surface area is 135 Å². The van der Waals surface area contributed by atoms with E-state index in [9.17, 15) is 20.2 Å². The highest BCUT2D eigenvalue weighted by Crippen LogP contribution is 2.34. The Kier molecular flexibility index (Phi) is 3.64. The van der Waals surface area contributed by atoms with Gasteiger partial charge in [0, 0.05) is 34.7 Å². The number of rotatable bonds is 4. The summed E-state index contributed by atoms with van der Waals surface area (Å²) < 4.78 is 11.1. The number of ether oxygens (including phenoxy) is 1. The first-order chi connectivity index (χ1) is 11.3. The molecule has 0 spiro atoms. The molecule has 0 bridgehead atoms. The summed E-state index contributed by atoms with van der Waals surface area (Å²) in [4.78, 5) is 20.9. The zero-order valence-electron chi connectivity index (χ0n) is 12.8. The van der Waals surface area contributed by atoms with E-state index in [1.54, 1.807) is 26.0 Å². The SMILES string of the molecule is Cc1cc(Oc2cc3cc([N+](=O)[O-])c(C)cc3o2)ccc1[N+](=O)[O-]. The van der Waals surface area contributed by atoms with Crippen LogP contribution in [-0.4, -0.2) is 9.85 Å². The molecular weight excluding hydrogens is 316 g/mol. The van der Waals surface area contributed by atoms with Crippen molar-refractivity contribution < 1.29 is 19.0 Å². The summed E-state index contributed by atoms with van der Waals surface area (Å²) >= 11 is 0. The molecule has 24 heavy (non-hydrogen) atoms. The molecule has 0 saturated heterocycles. The van der Waals surface area contributed by atoms with Crippen LogP contribution in [0.25, 0.3) is 11.0 Å². The first-order valence-electron chi connectivity index (χ1n) is 6.96. The summed E-state index contributed by atoms with van der Waals surface area (Å²) in [7, 11) is 0. The van der Waals surface area contributed by atoms with Gasteiger partial charge in [-0.05, 0) is 32.0 Å². The minimum atomic E-state index is -0.470. The Morgan fingerprint density at radius 3 is 2.21 bits per heavy atom. The summed E-state index contributed by atoms with van der Waals surface area (Å²) in [6.45, 7) is 3.23. The van der Waals surface area contributed by atoms with Crippen molar-refractivity contribution in [1.29, 1.82) is 0 Å². The fourth-order valence-corrected chi connectivity index (χ4v) is 2.41. The molecular formula is C16H12N2O6. The maximum absolute atomic E-state index is 11.0. The maximum atomic E-state index is 11.0. The van der Waals surface area contributed by atoms with Gasteiger partial charge in [-0.25, -0.2) is 0 Å². The zero-order chi connectivity index (χ0) is 17.4. The minimum Gasteiger partial charge on any atom is -0.426 e. The van der Waals surface area contributed by atoms with Crippen molar-refractivity contribution in [2.45, 2.75) is 13.8 Å². The minimum absolute atomic E-state index is 0.000954. The molecule has 0 N–H and O–H groups in total. The van der Waals surface area contributed by atoms with Crippen LogP contribution < -0.4 is 4.74 Å². The fraction of sp³-hybridized carbons (Fsp3) is 0.125.